The molecule has 0 bridgehead atoms. The third-order valence-corrected chi connectivity index (χ3v) is 6.72. The predicted octanol–water partition coefficient (Wildman–Crippen LogP) is 5.01. The molecule has 1 amide bonds. The van der Waals surface area contributed by atoms with E-state index in [1.165, 1.54) is 11.8 Å². The van der Waals surface area contributed by atoms with Crippen LogP contribution in [-0.2, 0) is 11.3 Å². The SMILES string of the molecule is Cc1occc1-c1nnc(S[C@H](C(=O)NC2CC2)c2ccccc2)n1Cc1ccccc1. The topological polar surface area (TPSA) is 72.9 Å². The lowest BCUT2D eigenvalue weighted by molar-refractivity contribution is -0.120. The Morgan fingerprint density at radius 2 is 1.81 bits per heavy atom. The van der Waals surface area contributed by atoms with Gasteiger partial charge in [0, 0.05) is 6.04 Å². The second-order valence-electron chi connectivity index (χ2n) is 7.96. The number of aromatic nitrogens is 3. The minimum Gasteiger partial charge on any atom is -0.469 e. The Morgan fingerprint density at radius 1 is 1.09 bits per heavy atom. The summed E-state index contributed by atoms with van der Waals surface area (Å²) in [4.78, 5) is 13.2. The fourth-order valence-corrected chi connectivity index (χ4v) is 4.66. The van der Waals surface area contributed by atoms with E-state index >= 15 is 0 Å². The highest BCUT2D eigenvalue weighted by Crippen LogP contribution is 2.37. The Morgan fingerprint density at radius 3 is 2.47 bits per heavy atom. The lowest BCUT2D eigenvalue weighted by Crippen LogP contribution is -2.30. The zero-order chi connectivity index (χ0) is 21.9. The van der Waals surface area contributed by atoms with Crippen molar-refractivity contribution in [3.05, 3.63) is 89.9 Å². The standard InChI is InChI=1S/C25H24N4O2S/c1-17-21(14-15-31-17)23-27-28-25(29(23)16-18-8-4-2-5-9-18)32-22(19-10-6-3-7-11-19)24(30)26-20-12-13-20/h2-11,14-15,20,22H,12-13,16H2,1H3,(H,26,30)/t22-/m0/s1. The number of aryl methyl sites for hydroxylation is 1. The van der Waals surface area contributed by atoms with Gasteiger partial charge in [0.15, 0.2) is 11.0 Å². The van der Waals surface area contributed by atoms with Gasteiger partial charge >= 0.3 is 0 Å². The summed E-state index contributed by atoms with van der Waals surface area (Å²) < 4.78 is 7.59. The number of thioether (sulfide) groups is 1. The molecular weight excluding hydrogens is 420 g/mol. The van der Waals surface area contributed by atoms with Crippen LogP contribution in [0.15, 0.2) is 82.6 Å². The summed E-state index contributed by atoms with van der Waals surface area (Å²) in [6, 6.07) is 22.3. The van der Waals surface area contributed by atoms with Crippen LogP contribution in [0.25, 0.3) is 11.4 Å². The largest absolute Gasteiger partial charge is 0.469 e. The first-order chi connectivity index (χ1) is 15.7. The van der Waals surface area contributed by atoms with Crippen LogP contribution in [0.2, 0.25) is 0 Å². The molecule has 7 heteroatoms. The number of amides is 1. The number of hydrogen-bond donors (Lipinski definition) is 1. The summed E-state index contributed by atoms with van der Waals surface area (Å²) in [7, 11) is 0. The van der Waals surface area contributed by atoms with E-state index in [0.717, 1.165) is 41.1 Å². The highest BCUT2D eigenvalue weighted by atomic mass is 32.2. The van der Waals surface area contributed by atoms with Crippen LogP contribution in [0.3, 0.4) is 0 Å². The van der Waals surface area contributed by atoms with Crippen molar-refractivity contribution in [2.24, 2.45) is 0 Å². The van der Waals surface area contributed by atoms with E-state index in [0.29, 0.717) is 17.7 Å². The van der Waals surface area contributed by atoms with Crippen LogP contribution < -0.4 is 5.32 Å². The molecule has 0 radical (unpaired) electrons. The van der Waals surface area contributed by atoms with Crippen molar-refractivity contribution in [2.45, 2.75) is 42.8 Å². The van der Waals surface area contributed by atoms with Crippen LogP contribution >= 0.6 is 11.8 Å². The van der Waals surface area contributed by atoms with Gasteiger partial charge in [0.25, 0.3) is 0 Å². The molecule has 1 saturated carbocycles. The van der Waals surface area contributed by atoms with E-state index in [-0.39, 0.29) is 5.91 Å². The molecule has 1 aliphatic carbocycles. The Labute approximate surface area is 191 Å². The molecule has 1 aliphatic rings. The van der Waals surface area contributed by atoms with E-state index in [4.69, 9.17) is 4.42 Å². The molecule has 2 aromatic carbocycles. The molecule has 6 nitrogen and oxygen atoms in total. The predicted molar refractivity (Wildman–Crippen MR) is 124 cm³/mol. The average molecular weight is 445 g/mol. The lowest BCUT2D eigenvalue weighted by atomic mass is 10.1. The van der Waals surface area contributed by atoms with Gasteiger partial charge in [-0.05, 0) is 37.0 Å². The van der Waals surface area contributed by atoms with Gasteiger partial charge in [-0.25, -0.2) is 0 Å². The zero-order valence-electron chi connectivity index (χ0n) is 17.8. The highest BCUT2D eigenvalue weighted by Gasteiger charge is 2.31. The Bertz CT molecular complexity index is 1200. The second-order valence-corrected chi connectivity index (χ2v) is 9.03. The maximum absolute atomic E-state index is 13.2. The number of hydrogen-bond acceptors (Lipinski definition) is 5. The number of furan rings is 1. The molecule has 162 valence electrons. The molecule has 1 N–H and O–H groups in total. The molecule has 1 atom stereocenters. The van der Waals surface area contributed by atoms with Crippen molar-refractivity contribution < 1.29 is 9.21 Å². The van der Waals surface area contributed by atoms with E-state index < -0.39 is 5.25 Å². The molecule has 0 spiro atoms. The first-order valence-corrected chi connectivity index (χ1v) is 11.6. The maximum atomic E-state index is 13.2. The van der Waals surface area contributed by atoms with Crippen molar-refractivity contribution in [1.29, 1.82) is 0 Å². The number of rotatable bonds is 8. The van der Waals surface area contributed by atoms with Crippen molar-refractivity contribution in [1.82, 2.24) is 20.1 Å². The highest BCUT2D eigenvalue weighted by molar-refractivity contribution is 8.00. The van der Waals surface area contributed by atoms with Crippen molar-refractivity contribution in [3.8, 4) is 11.4 Å². The number of benzene rings is 2. The second kappa shape index (κ2) is 9.04. The number of nitrogens with zero attached hydrogens (tertiary/aromatic N) is 3. The molecule has 5 rings (SSSR count). The van der Waals surface area contributed by atoms with E-state index in [9.17, 15) is 4.79 Å². The average Bonchev–Trinajstić information content (AvgIpc) is 3.40. The molecule has 0 aliphatic heterocycles. The Kier molecular flexibility index (Phi) is 5.81. The summed E-state index contributed by atoms with van der Waals surface area (Å²) in [5.41, 5.74) is 2.99. The molecule has 2 heterocycles. The Balaban J connectivity index is 1.53. The molecule has 0 unspecified atom stereocenters. The van der Waals surface area contributed by atoms with Crippen molar-refractivity contribution in [2.75, 3.05) is 0 Å². The van der Waals surface area contributed by atoms with Crippen LogP contribution in [0, 0.1) is 6.92 Å². The zero-order valence-corrected chi connectivity index (χ0v) is 18.6. The third-order valence-electron chi connectivity index (χ3n) is 5.49. The number of nitrogens with one attached hydrogen (secondary N) is 1. The maximum Gasteiger partial charge on any atom is 0.238 e. The fraction of sp³-hybridized carbons (Fsp3) is 0.240. The smallest absolute Gasteiger partial charge is 0.238 e. The van der Waals surface area contributed by atoms with Crippen LogP contribution in [0.5, 0.6) is 0 Å². The minimum absolute atomic E-state index is 0.0130. The minimum atomic E-state index is -0.408. The summed E-state index contributed by atoms with van der Waals surface area (Å²) in [5, 5.41) is 12.4. The molecular formula is C25H24N4O2S. The molecule has 4 aromatic rings. The van der Waals surface area contributed by atoms with Crippen LogP contribution in [0.1, 0.15) is 35.0 Å². The monoisotopic (exact) mass is 444 g/mol. The molecule has 32 heavy (non-hydrogen) atoms. The van der Waals surface area contributed by atoms with Gasteiger partial charge in [-0.1, -0.05) is 72.4 Å². The van der Waals surface area contributed by atoms with Gasteiger partial charge < -0.3 is 9.73 Å². The van der Waals surface area contributed by atoms with Gasteiger partial charge in [-0.2, -0.15) is 0 Å². The first-order valence-electron chi connectivity index (χ1n) is 10.7. The van der Waals surface area contributed by atoms with Crippen molar-refractivity contribution >= 4 is 17.7 Å². The summed E-state index contributed by atoms with van der Waals surface area (Å²) in [6.07, 6.45) is 3.76. The summed E-state index contributed by atoms with van der Waals surface area (Å²) in [6.45, 7) is 2.52. The number of carbonyl (C=O) groups excluding carboxylic acids is 1. The molecule has 1 fully saturated rings. The number of carbonyl (C=O) groups is 1. The van der Waals surface area contributed by atoms with Gasteiger partial charge in [0.05, 0.1) is 18.4 Å². The lowest BCUT2D eigenvalue weighted by Gasteiger charge is -2.17. The normalized spacial score (nSPS) is 14.3. The van der Waals surface area contributed by atoms with E-state index in [1.54, 1.807) is 6.26 Å². The van der Waals surface area contributed by atoms with Gasteiger partial charge in [0.2, 0.25) is 5.91 Å². The van der Waals surface area contributed by atoms with Crippen LogP contribution in [-0.4, -0.2) is 26.7 Å². The Hall–Kier alpha value is -3.32. The van der Waals surface area contributed by atoms with E-state index in [2.05, 4.69) is 32.2 Å². The van der Waals surface area contributed by atoms with Gasteiger partial charge in [-0.15, -0.1) is 10.2 Å². The summed E-state index contributed by atoms with van der Waals surface area (Å²) in [5.74, 6) is 1.53. The molecule has 2 aromatic heterocycles. The third kappa shape index (κ3) is 4.48. The van der Waals surface area contributed by atoms with Gasteiger partial charge in [0.1, 0.15) is 11.0 Å². The van der Waals surface area contributed by atoms with Crippen LogP contribution in [0.4, 0.5) is 0 Å². The first kappa shape index (κ1) is 20.6. The van der Waals surface area contributed by atoms with Crippen molar-refractivity contribution in [3.63, 3.8) is 0 Å². The van der Waals surface area contributed by atoms with Gasteiger partial charge in [-0.3, -0.25) is 9.36 Å². The fourth-order valence-electron chi connectivity index (χ4n) is 3.61. The quantitative estimate of drug-likeness (QED) is 0.387. The molecule has 0 saturated heterocycles. The van der Waals surface area contributed by atoms with E-state index in [1.807, 2.05) is 61.5 Å². The summed E-state index contributed by atoms with van der Waals surface area (Å²) >= 11 is 1.44.